The summed E-state index contributed by atoms with van der Waals surface area (Å²) in [5, 5.41) is 2.80. The first-order valence-electron chi connectivity index (χ1n) is 9.47. The molecule has 8 nitrogen and oxygen atoms in total. The monoisotopic (exact) mass is 452 g/mol. The second kappa shape index (κ2) is 9.38. The van der Waals surface area contributed by atoms with Gasteiger partial charge in [-0.1, -0.05) is 15.9 Å². The standard InChI is InChI=1S/C19H25BrN4O4/c1-2-21-17(25)11-22-6-3-7-23(9-8-22)18(26)12-24-15-5-4-14(20)10-16(15)28-13-19(24)27/h4-5,10H,2-3,6-9,11-13H2,1H3,(H,21,25). The Balaban J connectivity index is 1.61. The molecule has 0 bridgehead atoms. The lowest BCUT2D eigenvalue weighted by Crippen LogP contribution is -2.47. The first-order valence-corrected chi connectivity index (χ1v) is 10.3. The lowest BCUT2D eigenvalue weighted by atomic mass is 10.2. The van der Waals surface area contributed by atoms with Gasteiger partial charge < -0.3 is 15.0 Å². The van der Waals surface area contributed by atoms with Gasteiger partial charge in [0, 0.05) is 37.2 Å². The van der Waals surface area contributed by atoms with Gasteiger partial charge in [-0.3, -0.25) is 24.2 Å². The van der Waals surface area contributed by atoms with Gasteiger partial charge in [0.25, 0.3) is 5.91 Å². The second-order valence-corrected chi connectivity index (χ2v) is 7.76. The van der Waals surface area contributed by atoms with Crippen LogP contribution in [0.1, 0.15) is 13.3 Å². The fourth-order valence-electron chi connectivity index (χ4n) is 3.42. The molecule has 9 heteroatoms. The molecule has 1 saturated heterocycles. The topological polar surface area (TPSA) is 82.2 Å². The molecular weight excluding hydrogens is 428 g/mol. The number of carbonyl (C=O) groups is 3. The van der Waals surface area contributed by atoms with Crippen molar-refractivity contribution in [3.63, 3.8) is 0 Å². The molecule has 2 heterocycles. The number of nitrogens with zero attached hydrogens (tertiary/aromatic N) is 3. The van der Waals surface area contributed by atoms with Crippen molar-refractivity contribution in [2.45, 2.75) is 13.3 Å². The normalized spacial score (nSPS) is 17.6. The number of hydrogen-bond donors (Lipinski definition) is 1. The molecule has 0 spiro atoms. The number of hydrogen-bond acceptors (Lipinski definition) is 5. The molecule has 0 saturated carbocycles. The van der Waals surface area contributed by atoms with E-state index in [2.05, 4.69) is 26.1 Å². The van der Waals surface area contributed by atoms with Crippen LogP contribution in [0.2, 0.25) is 0 Å². The van der Waals surface area contributed by atoms with E-state index in [4.69, 9.17) is 4.74 Å². The Kier molecular flexibility index (Phi) is 6.90. The number of halogens is 1. The van der Waals surface area contributed by atoms with Crippen LogP contribution in [0, 0.1) is 0 Å². The van der Waals surface area contributed by atoms with Crippen LogP contribution in [0.5, 0.6) is 5.75 Å². The van der Waals surface area contributed by atoms with Crippen LogP contribution in [-0.2, 0) is 14.4 Å². The summed E-state index contributed by atoms with van der Waals surface area (Å²) in [6.07, 6.45) is 0.797. The van der Waals surface area contributed by atoms with Gasteiger partial charge in [-0.05, 0) is 31.5 Å². The van der Waals surface area contributed by atoms with E-state index in [0.29, 0.717) is 44.2 Å². The average molecular weight is 453 g/mol. The van der Waals surface area contributed by atoms with E-state index >= 15 is 0 Å². The molecule has 1 N–H and O–H groups in total. The molecule has 0 aromatic heterocycles. The van der Waals surface area contributed by atoms with Gasteiger partial charge in [-0.15, -0.1) is 0 Å². The number of carbonyl (C=O) groups excluding carboxylic acids is 3. The maximum Gasteiger partial charge on any atom is 0.265 e. The highest BCUT2D eigenvalue weighted by molar-refractivity contribution is 9.10. The molecule has 152 valence electrons. The zero-order valence-electron chi connectivity index (χ0n) is 15.9. The molecule has 3 amide bonds. The summed E-state index contributed by atoms with van der Waals surface area (Å²) in [5.41, 5.74) is 0.612. The van der Waals surface area contributed by atoms with Crippen molar-refractivity contribution < 1.29 is 19.1 Å². The van der Waals surface area contributed by atoms with E-state index in [-0.39, 0.29) is 30.9 Å². The van der Waals surface area contributed by atoms with Crippen molar-refractivity contribution in [3.05, 3.63) is 22.7 Å². The Bertz CT molecular complexity index is 757. The summed E-state index contributed by atoms with van der Waals surface area (Å²) < 4.78 is 6.33. The molecule has 28 heavy (non-hydrogen) atoms. The van der Waals surface area contributed by atoms with Gasteiger partial charge in [0.1, 0.15) is 12.3 Å². The lowest BCUT2D eigenvalue weighted by molar-refractivity contribution is -0.131. The lowest BCUT2D eigenvalue weighted by Gasteiger charge is -2.31. The number of ether oxygens (including phenoxy) is 1. The van der Waals surface area contributed by atoms with Crippen LogP contribution in [0.25, 0.3) is 0 Å². The van der Waals surface area contributed by atoms with Crippen LogP contribution in [-0.4, -0.2) is 79.9 Å². The molecule has 0 atom stereocenters. The quantitative estimate of drug-likeness (QED) is 0.715. The van der Waals surface area contributed by atoms with E-state index < -0.39 is 0 Å². The number of benzene rings is 1. The number of anilines is 1. The predicted molar refractivity (Wildman–Crippen MR) is 108 cm³/mol. The summed E-state index contributed by atoms with van der Waals surface area (Å²) in [6, 6.07) is 5.40. The average Bonchev–Trinajstić information content (AvgIpc) is 2.90. The fourth-order valence-corrected chi connectivity index (χ4v) is 3.76. The molecule has 2 aliphatic rings. The van der Waals surface area contributed by atoms with Crippen LogP contribution in [0.3, 0.4) is 0 Å². The van der Waals surface area contributed by atoms with Crippen LogP contribution in [0.4, 0.5) is 5.69 Å². The Morgan fingerprint density at radius 3 is 2.79 bits per heavy atom. The Labute approximate surface area is 172 Å². The smallest absolute Gasteiger partial charge is 0.265 e. The molecular formula is C19H25BrN4O4. The van der Waals surface area contributed by atoms with Gasteiger partial charge in [-0.2, -0.15) is 0 Å². The van der Waals surface area contributed by atoms with Crippen molar-refractivity contribution in [1.82, 2.24) is 15.1 Å². The third-order valence-corrected chi connectivity index (χ3v) is 5.33. The number of nitrogens with one attached hydrogen (secondary N) is 1. The Hall–Kier alpha value is -2.13. The molecule has 3 rings (SSSR count). The molecule has 2 aliphatic heterocycles. The zero-order valence-corrected chi connectivity index (χ0v) is 17.5. The number of amides is 3. The van der Waals surface area contributed by atoms with Gasteiger partial charge in [0.15, 0.2) is 6.61 Å². The molecule has 1 fully saturated rings. The number of fused-ring (bicyclic) bond motifs is 1. The number of likely N-dealkylation sites (N-methyl/N-ethyl adjacent to an activating group) is 1. The van der Waals surface area contributed by atoms with E-state index in [1.54, 1.807) is 17.0 Å². The third-order valence-electron chi connectivity index (χ3n) is 4.84. The van der Waals surface area contributed by atoms with E-state index in [1.165, 1.54) is 4.90 Å². The van der Waals surface area contributed by atoms with E-state index in [0.717, 1.165) is 17.4 Å². The predicted octanol–water partition coefficient (Wildman–Crippen LogP) is 0.845. The minimum absolute atomic E-state index is 0.00366. The highest BCUT2D eigenvalue weighted by atomic mass is 79.9. The molecule has 1 aromatic rings. The Morgan fingerprint density at radius 2 is 2.00 bits per heavy atom. The highest BCUT2D eigenvalue weighted by Gasteiger charge is 2.29. The van der Waals surface area contributed by atoms with Gasteiger partial charge in [-0.25, -0.2) is 0 Å². The van der Waals surface area contributed by atoms with Gasteiger partial charge >= 0.3 is 0 Å². The van der Waals surface area contributed by atoms with Crippen molar-refractivity contribution in [2.75, 3.05) is 57.3 Å². The van der Waals surface area contributed by atoms with E-state index in [1.807, 2.05) is 13.0 Å². The Morgan fingerprint density at radius 1 is 1.18 bits per heavy atom. The van der Waals surface area contributed by atoms with Crippen molar-refractivity contribution in [3.8, 4) is 5.75 Å². The van der Waals surface area contributed by atoms with Gasteiger partial charge in [0.05, 0.1) is 12.2 Å². The van der Waals surface area contributed by atoms with Crippen molar-refractivity contribution in [2.24, 2.45) is 0 Å². The third kappa shape index (κ3) is 5.02. The van der Waals surface area contributed by atoms with Crippen LogP contribution >= 0.6 is 15.9 Å². The minimum Gasteiger partial charge on any atom is -0.482 e. The van der Waals surface area contributed by atoms with E-state index in [9.17, 15) is 14.4 Å². The maximum absolute atomic E-state index is 12.9. The maximum atomic E-state index is 12.9. The molecule has 0 radical (unpaired) electrons. The second-order valence-electron chi connectivity index (χ2n) is 6.84. The summed E-state index contributed by atoms with van der Waals surface area (Å²) in [7, 11) is 0. The first kappa shape index (κ1) is 20.6. The summed E-state index contributed by atoms with van der Waals surface area (Å²) in [4.78, 5) is 42.3. The summed E-state index contributed by atoms with van der Waals surface area (Å²) in [5.74, 6) is 0.273. The minimum atomic E-state index is -0.226. The SMILES string of the molecule is CCNC(=O)CN1CCCN(C(=O)CN2C(=O)COc3cc(Br)ccc32)CC1. The number of rotatable bonds is 5. The zero-order chi connectivity index (χ0) is 20.1. The summed E-state index contributed by atoms with van der Waals surface area (Å²) in [6.45, 7) is 5.36. The van der Waals surface area contributed by atoms with Crippen LogP contribution < -0.4 is 15.0 Å². The van der Waals surface area contributed by atoms with Crippen molar-refractivity contribution in [1.29, 1.82) is 0 Å². The van der Waals surface area contributed by atoms with Crippen LogP contribution in [0.15, 0.2) is 22.7 Å². The molecule has 0 unspecified atom stereocenters. The summed E-state index contributed by atoms with van der Waals surface area (Å²) >= 11 is 3.39. The fraction of sp³-hybridized carbons (Fsp3) is 0.526. The largest absolute Gasteiger partial charge is 0.482 e. The highest BCUT2D eigenvalue weighted by Crippen LogP contribution is 2.34. The molecule has 1 aromatic carbocycles. The molecule has 0 aliphatic carbocycles. The van der Waals surface area contributed by atoms with Gasteiger partial charge in [0.2, 0.25) is 11.8 Å². The van der Waals surface area contributed by atoms with Crippen molar-refractivity contribution >= 4 is 39.3 Å². The first-order chi connectivity index (χ1) is 13.5.